The van der Waals surface area contributed by atoms with Gasteiger partial charge in [-0.05, 0) is 38.0 Å². The van der Waals surface area contributed by atoms with Gasteiger partial charge in [-0.1, -0.05) is 6.07 Å². The van der Waals surface area contributed by atoms with Crippen LogP contribution < -0.4 is 16.0 Å². The predicted octanol–water partition coefficient (Wildman–Crippen LogP) is 1.83. The van der Waals surface area contributed by atoms with Gasteiger partial charge in [-0.2, -0.15) is 0 Å². The molecule has 1 saturated carbocycles. The second-order valence-electron chi connectivity index (χ2n) is 6.01. The average molecular weight is 339 g/mol. The summed E-state index contributed by atoms with van der Waals surface area (Å²) in [5.74, 6) is 0.0141. The highest BCUT2D eigenvalue weighted by molar-refractivity contribution is 5.97. The standard InChI is InChI=1S/C16H22N4O2.ClH/c1-11-10-17-7-8-20(11)15(21)12-3-2-4-14(9-12)19-16(22)18-13-5-6-13;/h2-4,9,11,13,17H,5-8,10H2,1H3,(H2,18,19,22);1H. The number of nitrogens with zero attached hydrogens (tertiary/aromatic N) is 1. The highest BCUT2D eigenvalue weighted by Gasteiger charge is 2.25. The van der Waals surface area contributed by atoms with E-state index in [1.54, 1.807) is 24.3 Å². The number of piperazine rings is 1. The molecule has 23 heavy (non-hydrogen) atoms. The van der Waals surface area contributed by atoms with Crippen LogP contribution >= 0.6 is 12.4 Å². The van der Waals surface area contributed by atoms with Gasteiger partial charge in [0.25, 0.3) is 5.91 Å². The molecule has 6 nitrogen and oxygen atoms in total. The van der Waals surface area contributed by atoms with Gasteiger partial charge in [-0.15, -0.1) is 12.4 Å². The van der Waals surface area contributed by atoms with Crippen LogP contribution in [0, 0.1) is 0 Å². The Morgan fingerprint density at radius 1 is 1.30 bits per heavy atom. The van der Waals surface area contributed by atoms with Gasteiger partial charge in [-0.25, -0.2) is 4.79 Å². The fourth-order valence-corrected chi connectivity index (χ4v) is 2.62. The van der Waals surface area contributed by atoms with Gasteiger partial charge >= 0.3 is 6.03 Å². The van der Waals surface area contributed by atoms with E-state index >= 15 is 0 Å². The number of nitrogens with one attached hydrogen (secondary N) is 3. The fourth-order valence-electron chi connectivity index (χ4n) is 2.62. The third-order valence-corrected chi connectivity index (χ3v) is 4.04. The van der Waals surface area contributed by atoms with Crippen molar-refractivity contribution in [1.82, 2.24) is 15.5 Å². The first-order valence-corrected chi connectivity index (χ1v) is 7.83. The molecular weight excluding hydrogens is 316 g/mol. The van der Waals surface area contributed by atoms with E-state index in [2.05, 4.69) is 16.0 Å². The van der Waals surface area contributed by atoms with Gasteiger partial charge in [0.05, 0.1) is 0 Å². The zero-order valence-corrected chi connectivity index (χ0v) is 14.0. The summed E-state index contributed by atoms with van der Waals surface area (Å²) < 4.78 is 0. The minimum atomic E-state index is -0.206. The van der Waals surface area contributed by atoms with Crippen molar-refractivity contribution < 1.29 is 9.59 Å². The van der Waals surface area contributed by atoms with E-state index in [-0.39, 0.29) is 30.4 Å². The maximum atomic E-state index is 12.6. The Morgan fingerprint density at radius 2 is 2.09 bits per heavy atom. The molecule has 0 spiro atoms. The highest BCUT2D eigenvalue weighted by atomic mass is 35.5. The Balaban J connectivity index is 0.00000192. The molecule has 3 amide bonds. The SMILES string of the molecule is CC1CNCCN1C(=O)c1cccc(NC(=O)NC2CC2)c1.Cl. The predicted molar refractivity (Wildman–Crippen MR) is 92.2 cm³/mol. The molecule has 1 aromatic rings. The molecule has 2 aliphatic rings. The van der Waals surface area contributed by atoms with Crippen molar-refractivity contribution >= 4 is 30.0 Å². The lowest BCUT2D eigenvalue weighted by Gasteiger charge is -2.34. The van der Waals surface area contributed by atoms with Crippen LogP contribution in [-0.2, 0) is 0 Å². The van der Waals surface area contributed by atoms with Crippen LogP contribution in [0.4, 0.5) is 10.5 Å². The summed E-state index contributed by atoms with van der Waals surface area (Å²) in [5.41, 5.74) is 1.25. The van der Waals surface area contributed by atoms with Gasteiger partial charge in [0, 0.05) is 43.0 Å². The number of hydrogen-bond donors (Lipinski definition) is 3. The molecule has 3 rings (SSSR count). The molecule has 1 atom stereocenters. The van der Waals surface area contributed by atoms with E-state index < -0.39 is 0 Å². The Hall–Kier alpha value is -1.79. The summed E-state index contributed by atoms with van der Waals surface area (Å²) in [7, 11) is 0. The average Bonchev–Trinajstić information content (AvgIpc) is 3.31. The number of carbonyl (C=O) groups excluding carboxylic acids is 2. The van der Waals surface area contributed by atoms with Crippen LogP contribution in [0.5, 0.6) is 0 Å². The van der Waals surface area contributed by atoms with E-state index in [4.69, 9.17) is 0 Å². The molecule has 0 radical (unpaired) electrons. The molecule has 1 heterocycles. The quantitative estimate of drug-likeness (QED) is 0.787. The number of anilines is 1. The van der Waals surface area contributed by atoms with Crippen molar-refractivity contribution in [3.8, 4) is 0 Å². The lowest BCUT2D eigenvalue weighted by Crippen LogP contribution is -2.52. The monoisotopic (exact) mass is 338 g/mol. The molecule has 1 aromatic carbocycles. The normalized spacial score (nSPS) is 20.4. The van der Waals surface area contributed by atoms with Crippen LogP contribution in [0.25, 0.3) is 0 Å². The Kier molecular flexibility index (Phi) is 5.85. The number of urea groups is 1. The lowest BCUT2D eigenvalue weighted by molar-refractivity contribution is 0.0656. The topological polar surface area (TPSA) is 73.5 Å². The number of amides is 3. The van der Waals surface area contributed by atoms with Gasteiger partial charge in [0.2, 0.25) is 0 Å². The van der Waals surface area contributed by atoms with Gasteiger partial charge in [0.1, 0.15) is 0 Å². The van der Waals surface area contributed by atoms with Crippen molar-refractivity contribution in [1.29, 1.82) is 0 Å². The van der Waals surface area contributed by atoms with Crippen LogP contribution in [0.15, 0.2) is 24.3 Å². The van der Waals surface area contributed by atoms with Gasteiger partial charge in [-0.3, -0.25) is 4.79 Å². The van der Waals surface area contributed by atoms with Crippen LogP contribution in [0.2, 0.25) is 0 Å². The minimum absolute atomic E-state index is 0. The Bertz CT molecular complexity index is 577. The second kappa shape index (κ2) is 7.66. The maximum Gasteiger partial charge on any atom is 0.319 e. The summed E-state index contributed by atoms with van der Waals surface area (Å²) in [6.07, 6.45) is 2.10. The number of hydrogen-bond acceptors (Lipinski definition) is 3. The van der Waals surface area contributed by atoms with E-state index in [9.17, 15) is 9.59 Å². The van der Waals surface area contributed by atoms with Crippen molar-refractivity contribution in [2.45, 2.75) is 31.8 Å². The molecular formula is C16H23ClN4O2. The molecule has 0 bridgehead atoms. The van der Waals surface area contributed by atoms with E-state index in [1.165, 1.54) is 0 Å². The first kappa shape index (κ1) is 17.6. The van der Waals surface area contributed by atoms with Gasteiger partial charge < -0.3 is 20.9 Å². The van der Waals surface area contributed by atoms with Crippen LogP contribution in [0.1, 0.15) is 30.1 Å². The molecule has 1 aliphatic heterocycles. The lowest BCUT2D eigenvalue weighted by atomic mass is 10.1. The third-order valence-electron chi connectivity index (χ3n) is 4.04. The van der Waals surface area contributed by atoms with E-state index in [0.717, 1.165) is 25.9 Å². The van der Waals surface area contributed by atoms with Crippen molar-refractivity contribution in [2.75, 3.05) is 25.0 Å². The summed E-state index contributed by atoms with van der Waals surface area (Å²) in [6, 6.07) is 7.41. The zero-order chi connectivity index (χ0) is 15.5. The molecule has 7 heteroatoms. The molecule has 0 aromatic heterocycles. The maximum absolute atomic E-state index is 12.6. The molecule has 1 unspecified atom stereocenters. The smallest absolute Gasteiger partial charge is 0.319 e. The molecule has 1 saturated heterocycles. The Labute approximate surface area is 142 Å². The minimum Gasteiger partial charge on any atom is -0.335 e. The summed E-state index contributed by atoms with van der Waals surface area (Å²) in [5, 5.41) is 8.93. The summed E-state index contributed by atoms with van der Waals surface area (Å²) >= 11 is 0. The molecule has 126 valence electrons. The Morgan fingerprint density at radius 3 is 2.78 bits per heavy atom. The largest absolute Gasteiger partial charge is 0.335 e. The number of rotatable bonds is 3. The van der Waals surface area contributed by atoms with Crippen molar-refractivity contribution in [3.05, 3.63) is 29.8 Å². The number of carbonyl (C=O) groups is 2. The van der Waals surface area contributed by atoms with Crippen molar-refractivity contribution in [3.63, 3.8) is 0 Å². The van der Waals surface area contributed by atoms with Crippen LogP contribution in [-0.4, -0.2) is 48.6 Å². The van der Waals surface area contributed by atoms with Crippen LogP contribution in [0.3, 0.4) is 0 Å². The molecule has 1 aliphatic carbocycles. The summed E-state index contributed by atoms with van der Waals surface area (Å²) in [4.78, 5) is 26.3. The van der Waals surface area contributed by atoms with Crippen molar-refractivity contribution in [2.24, 2.45) is 0 Å². The molecule has 3 N–H and O–H groups in total. The third kappa shape index (κ3) is 4.59. The first-order valence-electron chi connectivity index (χ1n) is 7.83. The number of halogens is 1. The highest BCUT2D eigenvalue weighted by Crippen LogP contribution is 2.19. The number of benzene rings is 1. The van der Waals surface area contributed by atoms with E-state index in [0.29, 0.717) is 23.8 Å². The van der Waals surface area contributed by atoms with E-state index in [1.807, 2.05) is 11.8 Å². The fraction of sp³-hybridized carbons (Fsp3) is 0.500. The van der Waals surface area contributed by atoms with Gasteiger partial charge in [0.15, 0.2) is 0 Å². The zero-order valence-electron chi connectivity index (χ0n) is 13.2. The second-order valence-corrected chi connectivity index (χ2v) is 6.01. The first-order chi connectivity index (χ1) is 10.6. The molecule has 2 fully saturated rings. The summed E-state index contributed by atoms with van der Waals surface area (Å²) in [6.45, 7) is 4.38.